The van der Waals surface area contributed by atoms with E-state index in [-0.39, 0.29) is 0 Å². The molecule has 3 aromatic rings. The summed E-state index contributed by atoms with van der Waals surface area (Å²) in [5, 5.41) is 3.45. The predicted molar refractivity (Wildman–Crippen MR) is 118 cm³/mol. The second-order valence-corrected chi connectivity index (χ2v) is 8.62. The summed E-state index contributed by atoms with van der Waals surface area (Å²) < 4.78 is 2.14. The van der Waals surface area contributed by atoms with Crippen molar-refractivity contribution in [3.05, 3.63) is 48.8 Å². The van der Waals surface area contributed by atoms with E-state index < -0.39 is 0 Å². The van der Waals surface area contributed by atoms with E-state index in [9.17, 15) is 0 Å². The summed E-state index contributed by atoms with van der Waals surface area (Å²) in [6.45, 7) is 1.89. The lowest BCUT2D eigenvalue weighted by Gasteiger charge is -2.31. The van der Waals surface area contributed by atoms with Gasteiger partial charge in [-0.25, -0.2) is 15.0 Å². The third-order valence-corrected chi connectivity index (χ3v) is 6.62. The quantitative estimate of drug-likeness (QED) is 0.693. The molecule has 3 N–H and O–H groups in total. The number of nitrogens with zero attached hydrogens (tertiary/aromatic N) is 6. The van der Waals surface area contributed by atoms with Crippen molar-refractivity contribution in [3.63, 3.8) is 0 Å². The Hall–Kier alpha value is -3.13. The van der Waals surface area contributed by atoms with Crippen LogP contribution in [0.3, 0.4) is 0 Å². The van der Waals surface area contributed by atoms with Crippen molar-refractivity contribution in [3.8, 4) is 0 Å². The Kier molecular flexibility index (Phi) is 3.95. The Labute approximate surface area is 175 Å². The van der Waals surface area contributed by atoms with Gasteiger partial charge in [0.05, 0.1) is 11.9 Å². The number of hydrogen-bond donors (Lipinski definition) is 2. The first-order chi connectivity index (χ1) is 14.7. The molecule has 2 unspecified atom stereocenters. The van der Waals surface area contributed by atoms with Crippen LogP contribution >= 0.6 is 0 Å². The van der Waals surface area contributed by atoms with Crippen LogP contribution in [-0.2, 0) is 0 Å². The molecule has 30 heavy (non-hydrogen) atoms. The number of hydrogen-bond acceptors (Lipinski definition) is 7. The molecule has 5 heterocycles. The van der Waals surface area contributed by atoms with Gasteiger partial charge in [-0.2, -0.15) is 0 Å². The Morgan fingerprint density at radius 2 is 2.00 bits per heavy atom. The Bertz CT molecular complexity index is 1130. The summed E-state index contributed by atoms with van der Waals surface area (Å²) in [5.74, 6) is 2.36. The highest BCUT2D eigenvalue weighted by molar-refractivity contribution is 5.77. The largest absolute Gasteiger partial charge is 0.377 e. The zero-order valence-corrected chi connectivity index (χ0v) is 17.1. The van der Waals surface area contributed by atoms with Crippen LogP contribution in [0.1, 0.15) is 25.0 Å². The van der Waals surface area contributed by atoms with Gasteiger partial charge in [-0.3, -0.25) is 4.40 Å². The SMILES string of the molecule is CN1C=C(c2cnc3c(Nc4ccnc(N5CCC(N)CC5)c4)nccn23)C2CC21. The standard InChI is InChI=1S/C22H26N8/c1-28-13-17(16-11-18(16)28)19-12-26-22-21(25-6-9-30(19)22)27-15-2-5-24-20(10-15)29-7-3-14(23)4-8-29/h2,5-6,9-10,12-14,16,18H,3-4,7-8,11,23H2,1H3,(H,24,25,27). The Morgan fingerprint density at radius 3 is 2.77 bits per heavy atom. The van der Waals surface area contributed by atoms with Gasteiger partial charge in [-0.1, -0.05) is 0 Å². The molecule has 8 nitrogen and oxygen atoms in total. The summed E-state index contributed by atoms with van der Waals surface area (Å²) in [6.07, 6.45) is 13.1. The zero-order chi connectivity index (χ0) is 20.2. The highest BCUT2D eigenvalue weighted by Crippen LogP contribution is 2.50. The molecule has 1 saturated carbocycles. The molecule has 3 aromatic heterocycles. The van der Waals surface area contributed by atoms with E-state index in [0.29, 0.717) is 18.0 Å². The number of imidazole rings is 1. The normalized spacial score (nSPS) is 23.6. The van der Waals surface area contributed by atoms with Gasteiger partial charge in [-0.15, -0.1) is 0 Å². The van der Waals surface area contributed by atoms with Crippen molar-refractivity contribution in [2.75, 3.05) is 30.4 Å². The van der Waals surface area contributed by atoms with Gasteiger partial charge in [0.1, 0.15) is 5.82 Å². The van der Waals surface area contributed by atoms with Crippen molar-refractivity contribution >= 4 is 28.5 Å². The molecule has 1 aliphatic carbocycles. The van der Waals surface area contributed by atoms with Gasteiger partial charge in [0, 0.05) is 74.7 Å². The van der Waals surface area contributed by atoms with Crippen LogP contribution in [-0.4, -0.2) is 56.5 Å². The van der Waals surface area contributed by atoms with Crippen LogP contribution in [0.2, 0.25) is 0 Å². The average molecular weight is 403 g/mol. The maximum Gasteiger partial charge on any atom is 0.180 e. The van der Waals surface area contributed by atoms with Crippen LogP contribution in [0.4, 0.5) is 17.3 Å². The molecular weight excluding hydrogens is 376 g/mol. The molecule has 6 rings (SSSR count). The number of nitrogens with one attached hydrogen (secondary N) is 1. The van der Waals surface area contributed by atoms with Gasteiger partial charge in [0.25, 0.3) is 0 Å². The first-order valence-corrected chi connectivity index (χ1v) is 10.7. The molecule has 0 bridgehead atoms. The fourth-order valence-corrected chi connectivity index (χ4v) is 4.79. The predicted octanol–water partition coefficient (Wildman–Crippen LogP) is 2.47. The molecule has 0 radical (unpaired) electrons. The molecule has 2 aliphatic heterocycles. The highest BCUT2D eigenvalue weighted by atomic mass is 15.2. The van der Waals surface area contributed by atoms with Crippen molar-refractivity contribution in [2.45, 2.75) is 31.3 Å². The minimum atomic E-state index is 0.305. The molecule has 3 aliphatic rings. The Morgan fingerprint density at radius 1 is 1.13 bits per heavy atom. The molecule has 2 fully saturated rings. The lowest BCUT2D eigenvalue weighted by Crippen LogP contribution is -2.40. The van der Waals surface area contributed by atoms with Gasteiger partial charge < -0.3 is 20.9 Å². The molecule has 1 saturated heterocycles. The summed E-state index contributed by atoms with van der Waals surface area (Å²) in [7, 11) is 2.16. The second kappa shape index (κ2) is 6.70. The fourth-order valence-electron chi connectivity index (χ4n) is 4.79. The number of rotatable bonds is 4. The van der Waals surface area contributed by atoms with Crippen molar-refractivity contribution in [1.29, 1.82) is 0 Å². The van der Waals surface area contributed by atoms with E-state index in [2.05, 4.69) is 48.8 Å². The third-order valence-electron chi connectivity index (χ3n) is 6.62. The molecular formula is C22H26N8. The van der Waals surface area contributed by atoms with Gasteiger partial charge >= 0.3 is 0 Å². The smallest absolute Gasteiger partial charge is 0.180 e. The number of aromatic nitrogens is 4. The molecule has 0 amide bonds. The summed E-state index contributed by atoms with van der Waals surface area (Å²) in [4.78, 5) is 18.4. The van der Waals surface area contributed by atoms with E-state index in [1.54, 1.807) is 0 Å². The van der Waals surface area contributed by atoms with Gasteiger partial charge in [-0.05, 0) is 30.9 Å². The van der Waals surface area contributed by atoms with Crippen molar-refractivity contribution in [2.24, 2.45) is 11.7 Å². The maximum atomic E-state index is 6.04. The maximum absolute atomic E-state index is 6.04. The van der Waals surface area contributed by atoms with Crippen molar-refractivity contribution in [1.82, 2.24) is 24.3 Å². The lowest BCUT2D eigenvalue weighted by molar-refractivity contribution is 0.457. The van der Waals surface area contributed by atoms with E-state index in [1.807, 2.05) is 30.9 Å². The molecule has 154 valence electrons. The summed E-state index contributed by atoms with van der Waals surface area (Å²) in [5.41, 5.74) is 10.4. The first-order valence-electron chi connectivity index (χ1n) is 10.7. The third kappa shape index (κ3) is 2.90. The van der Waals surface area contributed by atoms with Crippen LogP contribution in [0.15, 0.2) is 43.1 Å². The van der Waals surface area contributed by atoms with Crippen LogP contribution in [0.5, 0.6) is 0 Å². The van der Waals surface area contributed by atoms with Gasteiger partial charge in [0.2, 0.25) is 0 Å². The minimum absolute atomic E-state index is 0.305. The lowest BCUT2D eigenvalue weighted by atomic mass is 10.1. The van der Waals surface area contributed by atoms with Gasteiger partial charge in [0.15, 0.2) is 11.5 Å². The number of anilines is 3. The summed E-state index contributed by atoms with van der Waals surface area (Å²) in [6, 6.07) is 5.02. The second-order valence-electron chi connectivity index (χ2n) is 8.62. The van der Waals surface area contributed by atoms with Crippen LogP contribution in [0, 0.1) is 5.92 Å². The molecule has 0 aromatic carbocycles. The Balaban J connectivity index is 1.29. The van der Waals surface area contributed by atoms with Crippen LogP contribution in [0.25, 0.3) is 11.2 Å². The summed E-state index contributed by atoms with van der Waals surface area (Å²) >= 11 is 0. The number of piperidine rings is 1. The van der Waals surface area contributed by atoms with E-state index >= 15 is 0 Å². The zero-order valence-electron chi connectivity index (χ0n) is 17.1. The number of fused-ring (bicyclic) bond motifs is 2. The topological polar surface area (TPSA) is 87.6 Å². The first kappa shape index (κ1) is 17.7. The average Bonchev–Trinajstić information content (AvgIpc) is 3.34. The molecule has 8 heteroatoms. The minimum Gasteiger partial charge on any atom is -0.377 e. The van der Waals surface area contributed by atoms with E-state index in [0.717, 1.165) is 54.6 Å². The fraction of sp³-hybridized carbons (Fsp3) is 0.409. The van der Waals surface area contributed by atoms with E-state index in [1.165, 1.54) is 12.0 Å². The molecule has 0 spiro atoms. The van der Waals surface area contributed by atoms with E-state index in [4.69, 9.17) is 10.7 Å². The molecule has 2 atom stereocenters. The monoisotopic (exact) mass is 402 g/mol. The number of nitrogens with two attached hydrogens (primary N) is 1. The van der Waals surface area contributed by atoms with Crippen molar-refractivity contribution < 1.29 is 0 Å². The van der Waals surface area contributed by atoms with Crippen LogP contribution < -0.4 is 16.0 Å². The highest BCUT2D eigenvalue weighted by Gasteiger charge is 2.47. The number of pyridine rings is 1.